The van der Waals surface area contributed by atoms with Gasteiger partial charge in [-0.05, 0) is 19.1 Å². The fraction of sp³-hybridized carbons (Fsp3) is 0.125. The van der Waals surface area contributed by atoms with Crippen molar-refractivity contribution in [1.29, 1.82) is 0 Å². The zero-order valence-electron chi connectivity index (χ0n) is 6.37. The third kappa shape index (κ3) is 2.61. The Bertz CT molecular complexity index is 258. The molecule has 1 aromatic rings. The molecule has 0 fully saturated rings. The Hall–Kier alpha value is -0.388. The van der Waals surface area contributed by atoms with Gasteiger partial charge in [0.2, 0.25) is 0 Å². The van der Waals surface area contributed by atoms with E-state index in [0.717, 1.165) is 0 Å². The minimum atomic E-state index is -0.113. The van der Waals surface area contributed by atoms with E-state index in [2.05, 4.69) is 0 Å². The molecule has 0 unspecified atom stereocenters. The van der Waals surface area contributed by atoms with Crippen LogP contribution in [0.4, 0.5) is 0 Å². The number of rotatable bonds is 1. The van der Waals surface area contributed by atoms with Crippen LogP contribution in [-0.2, 0) is 0 Å². The van der Waals surface area contributed by atoms with E-state index in [9.17, 15) is 4.79 Å². The van der Waals surface area contributed by atoms with Crippen molar-refractivity contribution in [3.63, 3.8) is 0 Å². The molecule has 1 aromatic carbocycles. The second kappa shape index (κ2) is 4.48. The Kier molecular flexibility index (Phi) is 4.32. The molecule has 0 bridgehead atoms. The van der Waals surface area contributed by atoms with Gasteiger partial charge in [-0.3, -0.25) is 4.79 Å². The van der Waals surface area contributed by atoms with Gasteiger partial charge >= 0.3 is 27.3 Å². The molecule has 1 rings (SSSR count). The summed E-state index contributed by atoms with van der Waals surface area (Å²) < 4.78 is 0. The van der Waals surface area contributed by atoms with Gasteiger partial charge < -0.3 is 5.11 Å². The molecule has 58 valence electrons. The standard InChI is InChI=1S/C8H8O2.Pb.2H/c1-6(9)7-4-2-3-5-8(7)10;;;/h2-5,10H,1H3;;;. The van der Waals surface area contributed by atoms with Crippen LogP contribution in [0.2, 0.25) is 0 Å². The molecule has 1 N–H and O–H groups in total. The second-order valence-corrected chi connectivity index (χ2v) is 2.07. The van der Waals surface area contributed by atoms with E-state index in [1.165, 1.54) is 13.0 Å². The number of para-hydroxylation sites is 1. The molecule has 2 nitrogen and oxygen atoms in total. The first-order chi connectivity index (χ1) is 4.72. The van der Waals surface area contributed by atoms with Crippen molar-refractivity contribution in [2.24, 2.45) is 0 Å². The van der Waals surface area contributed by atoms with E-state index in [4.69, 9.17) is 5.11 Å². The fourth-order valence-electron chi connectivity index (χ4n) is 0.771. The first-order valence-electron chi connectivity index (χ1n) is 3.01. The molecule has 2 radical (unpaired) electrons. The van der Waals surface area contributed by atoms with Crippen molar-refractivity contribution in [1.82, 2.24) is 0 Å². The number of aromatic hydroxyl groups is 1. The van der Waals surface area contributed by atoms with Gasteiger partial charge in [0.1, 0.15) is 5.75 Å². The fourth-order valence-corrected chi connectivity index (χ4v) is 0.771. The molecule has 0 spiro atoms. The molecule has 0 saturated heterocycles. The molecular formula is C8H10O2Pb. The maximum absolute atomic E-state index is 10.7. The molecule has 3 heteroatoms. The molecule has 0 amide bonds. The molecule has 0 heterocycles. The molecule has 0 aliphatic carbocycles. The Morgan fingerprint density at radius 2 is 1.91 bits per heavy atom. The third-order valence-electron chi connectivity index (χ3n) is 1.28. The van der Waals surface area contributed by atoms with Gasteiger partial charge in [0.05, 0.1) is 5.56 Å². The molecule has 0 atom stereocenters. The summed E-state index contributed by atoms with van der Waals surface area (Å²) in [6.07, 6.45) is 0. The second-order valence-electron chi connectivity index (χ2n) is 2.07. The Morgan fingerprint density at radius 3 is 2.27 bits per heavy atom. The van der Waals surface area contributed by atoms with Gasteiger partial charge in [0, 0.05) is 0 Å². The molecule has 0 aromatic heterocycles. The van der Waals surface area contributed by atoms with Crippen LogP contribution < -0.4 is 0 Å². The molecular weight excluding hydrogens is 335 g/mol. The predicted octanol–water partition coefficient (Wildman–Crippen LogP) is 0.679. The van der Waals surface area contributed by atoms with E-state index in [-0.39, 0.29) is 38.8 Å². The van der Waals surface area contributed by atoms with Crippen LogP contribution in [0.25, 0.3) is 0 Å². The van der Waals surface area contributed by atoms with Gasteiger partial charge in [-0.25, -0.2) is 0 Å². The molecule has 0 saturated carbocycles. The van der Waals surface area contributed by atoms with Gasteiger partial charge in [-0.15, -0.1) is 0 Å². The quantitative estimate of drug-likeness (QED) is 0.600. The first-order valence-corrected chi connectivity index (χ1v) is 3.01. The van der Waals surface area contributed by atoms with Crippen molar-refractivity contribution in [3.8, 4) is 5.75 Å². The van der Waals surface area contributed by atoms with Crippen LogP contribution in [0, 0.1) is 0 Å². The number of carbonyl (C=O) groups excluding carboxylic acids is 1. The SMILES string of the molecule is CC(=O)c1ccccc1O.[PbH2]. The first kappa shape index (κ1) is 10.6. The average molecular weight is 345 g/mol. The van der Waals surface area contributed by atoms with Gasteiger partial charge in [0.25, 0.3) is 0 Å². The number of hydrogen-bond acceptors (Lipinski definition) is 2. The average Bonchev–Trinajstić information content (AvgIpc) is 1.88. The summed E-state index contributed by atoms with van der Waals surface area (Å²) in [6, 6.07) is 6.49. The number of ketones is 1. The van der Waals surface area contributed by atoms with Crippen molar-refractivity contribution < 1.29 is 9.90 Å². The van der Waals surface area contributed by atoms with E-state index in [0.29, 0.717) is 5.56 Å². The zero-order valence-corrected chi connectivity index (χ0v) is 11.9. The number of Topliss-reactive ketones (excluding diaryl/α,β-unsaturated/α-hetero) is 1. The Morgan fingerprint density at radius 1 is 1.36 bits per heavy atom. The zero-order chi connectivity index (χ0) is 7.56. The molecule has 0 aliphatic rings. The van der Waals surface area contributed by atoms with E-state index >= 15 is 0 Å². The summed E-state index contributed by atoms with van der Waals surface area (Å²) >= 11 is 0. The summed E-state index contributed by atoms with van der Waals surface area (Å²) in [5.74, 6) is -0.0619. The van der Waals surface area contributed by atoms with E-state index < -0.39 is 0 Å². The van der Waals surface area contributed by atoms with E-state index in [1.54, 1.807) is 18.2 Å². The summed E-state index contributed by atoms with van der Waals surface area (Å²) in [7, 11) is 0. The van der Waals surface area contributed by atoms with Crippen LogP contribution in [0.3, 0.4) is 0 Å². The van der Waals surface area contributed by atoms with E-state index in [1.807, 2.05) is 0 Å². The predicted molar refractivity (Wildman–Crippen MR) is 46.7 cm³/mol. The van der Waals surface area contributed by atoms with Crippen molar-refractivity contribution >= 4 is 33.1 Å². The molecule has 0 aliphatic heterocycles. The summed E-state index contributed by atoms with van der Waals surface area (Å²) in [5.41, 5.74) is 0.377. The summed E-state index contributed by atoms with van der Waals surface area (Å²) in [5, 5.41) is 9.06. The topological polar surface area (TPSA) is 37.3 Å². The summed E-state index contributed by atoms with van der Waals surface area (Å²) in [4.78, 5) is 10.7. The maximum atomic E-state index is 10.7. The van der Waals surface area contributed by atoms with Crippen molar-refractivity contribution in [2.45, 2.75) is 6.92 Å². The number of phenolic OH excluding ortho intramolecular Hbond substituents is 1. The third-order valence-corrected chi connectivity index (χ3v) is 1.28. The number of hydrogen-bond donors (Lipinski definition) is 1. The van der Waals surface area contributed by atoms with Crippen LogP contribution in [-0.4, -0.2) is 38.2 Å². The van der Waals surface area contributed by atoms with Gasteiger partial charge in [-0.2, -0.15) is 0 Å². The minimum absolute atomic E-state index is 0. The number of carbonyl (C=O) groups is 1. The van der Waals surface area contributed by atoms with Gasteiger partial charge in [0.15, 0.2) is 5.78 Å². The van der Waals surface area contributed by atoms with Crippen LogP contribution >= 0.6 is 0 Å². The summed E-state index contributed by atoms with van der Waals surface area (Å²) in [6.45, 7) is 1.43. The van der Waals surface area contributed by atoms with Crippen molar-refractivity contribution in [2.75, 3.05) is 0 Å². The normalized spacial score (nSPS) is 8.45. The van der Waals surface area contributed by atoms with Crippen LogP contribution in [0.1, 0.15) is 17.3 Å². The Labute approximate surface area is 85.4 Å². The van der Waals surface area contributed by atoms with Crippen LogP contribution in [0.15, 0.2) is 24.3 Å². The van der Waals surface area contributed by atoms with Crippen molar-refractivity contribution in [3.05, 3.63) is 29.8 Å². The Balaban J connectivity index is 0.000001000. The van der Waals surface area contributed by atoms with Crippen LogP contribution in [0.5, 0.6) is 5.75 Å². The monoisotopic (exact) mass is 346 g/mol. The number of benzene rings is 1. The number of phenols is 1. The van der Waals surface area contributed by atoms with Gasteiger partial charge in [-0.1, -0.05) is 12.1 Å². The molecule has 11 heavy (non-hydrogen) atoms.